The lowest BCUT2D eigenvalue weighted by atomic mass is 10.0. The van der Waals surface area contributed by atoms with E-state index in [0.717, 1.165) is 103 Å². The van der Waals surface area contributed by atoms with Crippen LogP contribution in [0.2, 0.25) is 0 Å². The van der Waals surface area contributed by atoms with E-state index in [1.165, 1.54) is 212 Å². The van der Waals surface area contributed by atoms with Gasteiger partial charge in [-0.1, -0.05) is 311 Å². The molecule has 0 fully saturated rings. The Bertz CT molecular complexity index is 1610. The molecule has 0 spiro atoms. The van der Waals surface area contributed by atoms with Gasteiger partial charge in [0.15, 0.2) is 6.10 Å². The number of ether oxygens (including phenoxy) is 3. The largest absolute Gasteiger partial charge is 0.462 e. The van der Waals surface area contributed by atoms with Crippen LogP contribution in [0.15, 0.2) is 97.2 Å². The number of carbonyl (C=O) groups excluding carboxylic acids is 3. The Morgan fingerprint density at radius 2 is 0.470 bits per heavy atom. The van der Waals surface area contributed by atoms with Crippen LogP contribution in [-0.4, -0.2) is 37.2 Å². The zero-order valence-electron chi connectivity index (χ0n) is 54.9. The minimum absolute atomic E-state index is 0.0796. The van der Waals surface area contributed by atoms with E-state index in [4.69, 9.17) is 14.2 Å². The second-order valence-corrected chi connectivity index (χ2v) is 23.8. The summed E-state index contributed by atoms with van der Waals surface area (Å²) in [5.74, 6) is -0.877. The summed E-state index contributed by atoms with van der Waals surface area (Å²) in [5, 5.41) is 0. The number of unbranched alkanes of at least 4 members (excludes halogenated alkanes) is 38. The fourth-order valence-corrected chi connectivity index (χ4v) is 10.2. The van der Waals surface area contributed by atoms with Gasteiger partial charge in [-0.3, -0.25) is 14.4 Å². The van der Waals surface area contributed by atoms with Crippen molar-refractivity contribution in [3.05, 3.63) is 97.2 Å². The van der Waals surface area contributed by atoms with Crippen molar-refractivity contribution in [2.45, 2.75) is 361 Å². The molecule has 6 nitrogen and oxygen atoms in total. The summed E-state index contributed by atoms with van der Waals surface area (Å²) in [7, 11) is 0. The Kier molecular flexibility index (Phi) is 67.7. The third-order valence-electron chi connectivity index (χ3n) is 15.5. The lowest BCUT2D eigenvalue weighted by Gasteiger charge is -2.18. The summed E-state index contributed by atoms with van der Waals surface area (Å²) in [6, 6.07) is 0. The van der Waals surface area contributed by atoms with E-state index in [1.807, 2.05) is 0 Å². The van der Waals surface area contributed by atoms with Gasteiger partial charge < -0.3 is 14.2 Å². The normalized spacial score (nSPS) is 12.7. The Hall–Kier alpha value is -3.67. The highest BCUT2D eigenvalue weighted by atomic mass is 16.6. The first-order chi connectivity index (χ1) is 41.0. The molecule has 0 aromatic rings. The zero-order chi connectivity index (χ0) is 59.9. The quantitative estimate of drug-likeness (QED) is 0.0261. The Labute approximate surface area is 515 Å². The van der Waals surface area contributed by atoms with E-state index in [1.54, 1.807) is 0 Å². The summed E-state index contributed by atoms with van der Waals surface area (Å²) < 4.78 is 17.0. The third kappa shape index (κ3) is 69.0. The minimum atomic E-state index is -0.785. The zero-order valence-corrected chi connectivity index (χ0v) is 54.9. The number of carbonyl (C=O) groups is 3. The van der Waals surface area contributed by atoms with E-state index in [2.05, 4.69) is 118 Å². The first-order valence-corrected chi connectivity index (χ1v) is 35.7. The predicted molar refractivity (Wildman–Crippen MR) is 362 cm³/mol. The van der Waals surface area contributed by atoms with Gasteiger partial charge in [-0.2, -0.15) is 0 Å². The summed E-state index contributed by atoms with van der Waals surface area (Å²) in [6.45, 7) is 6.53. The molecule has 0 rings (SSSR count). The van der Waals surface area contributed by atoms with Crippen molar-refractivity contribution in [2.24, 2.45) is 0 Å². The van der Waals surface area contributed by atoms with Crippen molar-refractivity contribution in [1.29, 1.82) is 0 Å². The van der Waals surface area contributed by atoms with E-state index < -0.39 is 6.10 Å². The Balaban J connectivity index is 4.28. The van der Waals surface area contributed by atoms with E-state index in [9.17, 15) is 14.4 Å². The van der Waals surface area contributed by atoms with Crippen LogP contribution in [0.4, 0.5) is 0 Å². The molecular weight excluding hydrogens is 1020 g/mol. The fourth-order valence-electron chi connectivity index (χ4n) is 10.2. The highest BCUT2D eigenvalue weighted by molar-refractivity contribution is 5.71. The second kappa shape index (κ2) is 70.8. The second-order valence-electron chi connectivity index (χ2n) is 23.8. The third-order valence-corrected chi connectivity index (χ3v) is 15.5. The Morgan fingerprint density at radius 1 is 0.253 bits per heavy atom. The molecule has 0 aliphatic heterocycles. The van der Waals surface area contributed by atoms with Crippen LogP contribution in [0.3, 0.4) is 0 Å². The summed E-state index contributed by atoms with van der Waals surface area (Å²) >= 11 is 0. The van der Waals surface area contributed by atoms with E-state index in [-0.39, 0.29) is 31.1 Å². The average Bonchev–Trinajstić information content (AvgIpc) is 3.49. The number of esters is 3. The maximum atomic E-state index is 13.0. The maximum Gasteiger partial charge on any atom is 0.306 e. The van der Waals surface area contributed by atoms with Crippen LogP contribution in [0.25, 0.3) is 0 Å². The number of rotatable bonds is 65. The highest BCUT2D eigenvalue weighted by Crippen LogP contribution is 2.17. The van der Waals surface area contributed by atoms with Crippen LogP contribution < -0.4 is 0 Å². The molecule has 0 aliphatic rings. The van der Waals surface area contributed by atoms with Gasteiger partial charge in [0.2, 0.25) is 0 Å². The van der Waals surface area contributed by atoms with Gasteiger partial charge in [0.1, 0.15) is 13.2 Å². The SMILES string of the molecule is CC/C=C\C/C=C\C/C=C\C/C=C\CCCCCCCCCCCCCCC(=O)OC(COC(=O)CCCCCCC/C=C\CCCCCC)COC(=O)CCCCCCCCCCCCCC/C=C\C/C=C\C/C=C\CCCCCCC. The molecule has 478 valence electrons. The molecule has 0 amide bonds. The van der Waals surface area contributed by atoms with Gasteiger partial charge in [-0.15, -0.1) is 0 Å². The van der Waals surface area contributed by atoms with Gasteiger partial charge in [0, 0.05) is 19.3 Å². The predicted octanol–water partition coefficient (Wildman–Crippen LogP) is 24.8. The van der Waals surface area contributed by atoms with Crippen molar-refractivity contribution in [3.63, 3.8) is 0 Å². The topological polar surface area (TPSA) is 78.9 Å². The molecule has 83 heavy (non-hydrogen) atoms. The maximum absolute atomic E-state index is 13.0. The summed E-state index contributed by atoms with van der Waals surface area (Å²) in [5.41, 5.74) is 0. The lowest BCUT2D eigenvalue weighted by molar-refractivity contribution is -0.167. The molecule has 0 aliphatic carbocycles. The number of hydrogen-bond donors (Lipinski definition) is 0. The van der Waals surface area contributed by atoms with Crippen LogP contribution in [0.1, 0.15) is 355 Å². The molecule has 0 heterocycles. The molecule has 6 heteroatoms. The van der Waals surface area contributed by atoms with Crippen molar-refractivity contribution in [1.82, 2.24) is 0 Å². The molecule has 1 unspecified atom stereocenters. The number of allylic oxidation sites excluding steroid dienone is 16. The molecule has 0 aromatic heterocycles. The first-order valence-electron chi connectivity index (χ1n) is 35.7. The van der Waals surface area contributed by atoms with Gasteiger partial charge in [-0.25, -0.2) is 0 Å². The molecule has 1 atom stereocenters. The molecule has 0 saturated heterocycles. The van der Waals surface area contributed by atoms with Crippen LogP contribution in [-0.2, 0) is 28.6 Å². The molecule has 0 aromatic carbocycles. The van der Waals surface area contributed by atoms with Gasteiger partial charge in [0.25, 0.3) is 0 Å². The van der Waals surface area contributed by atoms with Crippen molar-refractivity contribution in [2.75, 3.05) is 13.2 Å². The van der Waals surface area contributed by atoms with Crippen molar-refractivity contribution >= 4 is 17.9 Å². The molecule has 0 saturated carbocycles. The smallest absolute Gasteiger partial charge is 0.306 e. The molecule has 0 radical (unpaired) electrons. The summed E-state index contributed by atoms with van der Waals surface area (Å²) in [4.78, 5) is 38.4. The average molecular weight is 1160 g/mol. The number of hydrogen-bond acceptors (Lipinski definition) is 6. The highest BCUT2D eigenvalue weighted by Gasteiger charge is 2.19. The van der Waals surface area contributed by atoms with Gasteiger partial charge in [-0.05, 0) is 122 Å². The fraction of sp³-hybridized carbons (Fsp3) is 0.753. The van der Waals surface area contributed by atoms with Crippen molar-refractivity contribution < 1.29 is 28.6 Å². The molecule has 0 N–H and O–H groups in total. The molecular formula is C77H134O6. The van der Waals surface area contributed by atoms with Crippen LogP contribution in [0.5, 0.6) is 0 Å². The van der Waals surface area contributed by atoms with Crippen molar-refractivity contribution in [3.8, 4) is 0 Å². The lowest BCUT2D eigenvalue weighted by Crippen LogP contribution is -2.30. The standard InChI is InChI=1S/C77H134O6/c1-4-7-10-13-16-19-22-25-27-29-31-33-35-37-38-40-41-43-45-47-49-52-55-58-61-64-67-70-76(79)82-73-74(72-81-75(78)69-66-63-60-57-54-51-24-21-18-15-12-9-6-3)83-77(80)71-68-65-62-59-56-53-50-48-46-44-42-39-36-34-32-30-28-26-23-20-17-14-11-8-5-2/h8,11,17,20-22,24-26,28-29,31-32,34-35,37,74H,4-7,9-10,12-16,18-19,23,27,30,33,36,38-73H2,1-3H3/b11-8-,20-17-,24-21-,25-22-,28-26-,31-29-,34-32-,37-35-. The van der Waals surface area contributed by atoms with Gasteiger partial charge >= 0.3 is 17.9 Å². The van der Waals surface area contributed by atoms with Gasteiger partial charge in [0.05, 0.1) is 0 Å². The molecule has 0 bridgehead atoms. The monoisotopic (exact) mass is 1160 g/mol. The van der Waals surface area contributed by atoms with E-state index in [0.29, 0.717) is 19.3 Å². The van der Waals surface area contributed by atoms with Crippen LogP contribution in [0, 0.1) is 0 Å². The Morgan fingerprint density at radius 3 is 0.759 bits per heavy atom. The first kappa shape index (κ1) is 79.3. The minimum Gasteiger partial charge on any atom is -0.462 e. The van der Waals surface area contributed by atoms with Crippen LogP contribution >= 0.6 is 0 Å². The van der Waals surface area contributed by atoms with E-state index >= 15 is 0 Å². The summed E-state index contributed by atoms with van der Waals surface area (Å²) in [6.07, 6.45) is 95.7.